The summed E-state index contributed by atoms with van der Waals surface area (Å²) in [4.78, 5) is 0. The van der Waals surface area contributed by atoms with E-state index in [-0.39, 0.29) is 11.6 Å². The van der Waals surface area contributed by atoms with Gasteiger partial charge in [-0.3, -0.25) is 0 Å². The van der Waals surface area contributed by atoms with Crippen LogP contribution in [0, 0.1) is 0 Å². The summed E-state index contributed by atoms with van der Waals surface area (Å²) in [5.41, 5.74) is 0.903. The Labute approximate surface area is 99.1 Å². The van der Waals surface area contributed by atoms with Crippen LogP contribution in [-0.4, -0.2) is 36.3 Å². The number of morpholine rings is 1. The molecular formula is C11H16N2O2S. The van der Waals surface area contributed by atoms with E-state index in [4.69, 9.17) is 9.47 Å². The predicted octanol–water partition coefficient (Wildman–Crippen LogP) is 1.35. The van der Waals surface area contributed by atoms with Gasteiger partial charge in [0.15, 0.2) is 0 Å². The Kier molecular flexibility index (Phi) is 2.93. The van der Waals surface area contributed by atoms with Crippen LogP contribution in [0.4, 0.5) is 0 Å². The molecule has 0 radical (unpaired) electrons. The smallest absolute Gasteiger partial charge is 0.112 e. The second kappa shape index (κ2) is 4.41. The lowest BCUT2D eigenvalue weighted by Gasteiger charge is -2.45. The van der Waals surface area contributed by atoms with E-state index in [1.54, 1.807) is 0 Å². The molecule has 1 aromatic rings. The predicted molar refractivity (Wildman–Crippen MR) is 61.6 cm³/mol. The highest BCUT2D eigenvalue weighted by Gasteiger charge is 2.45. The average Bonchev–Trinajstić information content (AvgIpc) is 2.84. The van der Waals surface area contributed by atoms with Crippen molar-refractivity contribution in [2.24, 2.45) is 0 Å². The molecule has 2 aliphatic heterocycles. The fourth-order valence-electron chi connectivity index (χ4n) is 2.60. The third-order valence-corrected chi connectivity index (χ3v) is 3.93. The fraction of sp³-hybridized carbons (Fsp3) is 0.727. The van der Waals surface area contributed by atoms with Gasteiger partial charge in [-0.1, -0.05) is 0 Å². The lowest BCUT2D eigenvalue weighted by Crippen LogP contribution is -2.56. The van der Waals surface area contributed by atoms with Crippen LogP contribution in [0.2, 0.25) is 0 Å². The van der Waals surface area contributed by atoms with Gasteiger partial charge in [0.1, 0.15) is 5.60 Å². The molecule has 0 aliphatic carbocycles. The maximum Gasteiger partial charge on any atom is 0.112 e. The molecule has 0 aromatic carbocycles. The minimum atomic E-state index is -0.190. The lowest BCUT2D eigenvalue weighted by atomic mass is 9.85. The first-order valence-corrected chi connectivity index (χ1v) is 6.60. The van der Waals surface area contributed by atoms with Gasteiger partial charge in [0.25, 0.3) is 0 Å². The Bertz CT molecular complexity index is 327. The van der Waals surface area contributed by atoms with Gasteiger partial charge in [-0.25, -0.2) is 0 Å². The summed E-state index contributed by atoms with van der Waals surface area (Å²) >= 11 is 1.49. The van der Waals surface area contributed by atoms with Crippen LogP contribution >= 0.6 is 11.5 Å². The standard InChI is InChI=1S/C11H16N2O2S/c1-3-11(8-14-5-1)10(12-4-6-15-11)9-2-7-16-13-9/h2,7,10,12H,1,3-6,8H2. The van der Waals surface area contributed by atoms with Crippen LogP contribution < -0.4 is 5.32 Å². The Morgan fingerprint density at radius 2 is 2.50 bits per heavy atom. The summed E-state index contributed by atoms with van der Waals surface area (Å²) in [6.07, 6.45) is 2.13. The molecule has 5 heteroatoms. The van der Waals surface area contributed by atoms with E-state index in [0.717, 1.165) is 38.3 Å². The molecule has 1 spiro atoms. The van der Waals surface area contributed by atoms with Gasteiger partial charge >= 0.3 is 0 Å². The van der Waals surface area contributed by atoms with E-state index in [9.17, 15) is 0 Å². The Morgan fingerprint density at radius 3 is 3.25 bits per heavy atom. The van der Waals surface area contributed by atoms with Gasteiger partial charge in [0, 0.05) is 18.5 Å². The van der Waals surface area contributed by atoms with Crippen molar-refractivity contribution in [3.05, 3.63) is 17.1 Å². The zero-order chi connectivity index (χ0) is 10.8. The number of rotatable bonds is 1. The van der Waals surface area contributed by atoms with Crippen LogP contribution in [0.1, 0.15) is 24.6 Å². The molecule has 3 rings (SSSR count). The van der Waals surface area contributed by atoms with Crippen LogP contribution in [0.15, 0.2) is 11.4 Å². The topological polar surface area (TPSA) is 43.4 Å². The fourth-order valence-corrected chi connectivity index (χ4v) is 3.15. The number of aromatic nitrogens is 1. The number of nitrogens with zero attached hydrogens (tertiary/aromatic N) is 1. The van der Waals surface area contributed by atoms with E-state index in [1.165, 1.54) is 11.5 Å². The number of hydrogen-bond donors (Lipinski definition) is 1. The highest BCUT2D eigenvalue weighted by atomic mass is 32.1. The van der Waals surface area contributed by atoms with Crippen molar-refractivity contribution in [1.29, 1.82) is 0 Å². The SMILES string of the molecule is c1cc(C2NCCOC23CCCOC3)ns1. The van der Waals surface area contributed by atoms with Crippen molar-refractivity contribution < 1.29 is 9.47 Å². The summed E-state index contributed by atoms with van der Waals surface area (Å²) in [6.45, 7) is 3.20. The molecular weight excluding hydrogens is 224 g/mol. The molecule has 2 unspecified atom stereocenters. The van der Waals surface area contributed by atoms with Gasteiger partial charge in [0.2, 0.25) is 0 Å². The summed E-state index contributed by atoms with van der Waals surface area (Å²) in [5.74, 6) is 0. The molecule has 2 fully saturated rings. The summed E-state index contributed by atoms with van der Waals surface area (Å²) in [6, 6.07) is 2.26. The average molecular weight is 240 g/mol. The summed E-state index contributed by atoms with van der Waals surface area (Å²) in [5, 5.41) is 5.54. The molecule has 4 nitrogen and oxygen atoms in total. The molecule has 0 saturated carbocycles. The quantitative estimate of drug-likeness (QED) is 0.805. The molecule has 1 aromatic heterocycles. The number of nitrogens with one attached hydrogen (secondary N) is 1. The van der Waals surface area contributed by atoms with Gasteiger partial charge in [-0.15, -0.1) is 0 Å². The van der Waals surface area contributed by atoms with E-state index in [2.05, 4.69) is 15.8 Å². The third-order valence-electron chi connectivity index (χ3n) is 3.35. The summed E-state index contributed by atoms with van der Waals surface area (Å²) < 4.78 is 16.1. The van der Waals surface area contributed by atoms with Crippen LogP contribution in [-0.2, 0) is 9.47 Å². The van der Waals surface area contributed by atoms with E-state index >= 15 is 0 Å². The molecule has 0 amide bonds. The molecule has 88 valence electrons. The van der Waals surface area contributed by atoms with E-state index < -0.39 is 0 Å². The van der Waals surface area contributed by atoms with Crippen molar-refractivity contribution in [1.82, 2.24) is 9.69 Å². The van der Waals surface area contributed by atoms with Gasteiger partial charge in [0.05, 0.1) is 24.9 Å². The molecule has 2 atom stereocenters. The van der Waals surface area contributed by atoms with Gasteiger partial charge in [-0.05, 0) is 30.4 Å². The maximum atomic E-state index is 6.02. The number of hydrogen-bond acceptors (Lipinski definition) is 5. The van der Waals surface area contributed by atoms with Crippen molar-refractivity contribution >= 4 is 11.5 Å². The normalized spacial score (nSPS) is 35.4. The zero-order valence-corrected chi connectivity index (χ0v) is 9.96. The first kappa shape index (κ1) is 10.7. The molecule has 0 bridgehead atoms. The molecule has 3 heterocycles. The van der Waals surface area contributed by atoms with Gasteiger partial charge in [-0.2, -0.15) is 4.37 Å². The van der Waals surface area contributed by atoms with E-state index in [0.29, 0.717) is 6.61 Å². The van der Waals surface area contributed by atoms with Crippen LogP contribution in [0.5, 0.6) is 0 Å². The molecule has 2 aliphatic rings. The lowest BCUT2D eigenvalue weighted by molar-refractivity contribution is -0.165. The van der Waals surface area contributed by atoms with Crippen LogP contribution in [0.3, 0.4) is 0 Å². The second-order valence-electron chi connectivity index (χ2n) is 4.38. The molecule has 1 N–H and O–H groups in total. The largest absolute Gasteiger partial charge is 0.378 e. The third kappa shape index (κ3) is 1.78. The Hall–Kier alpha value is -0.490. The van der Waals surface area contributed by atoms with Crippen molar-refractivity contribution in [2.45, 2.75) is 24.5 Å². The number of ether oxygens (including phenoxy) is 2. The van der Waals surface area contributed by atoms with Crippen molar-refractivity contribution in [3.8, 4) is 0 Å². The first-order valence-electron chi connectivity index (χ1n) is 5.76. The highest BCUT2D eigenvalue weighted by molar-refractivity contribution is 7.03. The monoisotopic (exact) mass is 240 g/mol. The van der Waals surface area contributed by atoms with Crippen molar-refractivity contribution in [3.63, 3.8) is 0 Å². The molecule has 16 heavy (non-hydrogen) atoms. The minimum Gasteiger partial charge on any atom is -0.378 e. The maximum absolute atomic E-state index is 6.02. The van der Waals surface area contributed by atoms with Crippen LogP contribution in [0.25, 0.3) is 0 Å². The highest BCUT2D eigenvalue weighted by Crippen LogP contribution is 2.37. The van der Waals surface area contributed by atoms with Crippen molar-refractivity contribution in [2.75, 3.05) is 26.4 Å². The Balaban J connectivity index is 1.88. The molecule has 2 saturated heterocycles. The second-order valence-corrected chi connectivity index (χ2v) is 5.05. The van der Waals surface area contributed by atoms with Gasteiger partial charge < -0.3 is 14.8 Å². The zero-order valence-electron chi connectivity index (χ0n) is 9.15. The Morgan fingerprint density at radius 1 is 1.50 bits per heavy atom. The summed E-state index contributed by atoms with van der Waals surface area (Å²) in [7, 11) is 0. The first-order chi connectivity index (χ1) is 7.91. The minimum absolute atomic E-state index is 0.188. The van der Waals surface area contributed by atoms with E-state index in [1.807, 2.05) is 5.38 Å².